The summed E-state index contributed by atoms with van der Waals surface area (Å²) in [5, 5.41) is 0. The van der Waals surface area contributed by atoms with Gasteiger partial charge in [-0.05, 0) is 68.3 Å². The molecule has 220 valence electrons. The smallest absolute Gasteiger partial charge is 0.264 e. The Hall–Kier alpha value is -3.61. The number of amides is 1. The number of ether oxygens (including phenoxy) is 2. The Bertz CT molecular complexity index is 1610. The van der Waals surface area contributed by atoms with Gasteiger partial charge in [0.2, 0.25) is 15.9 Å². The van der Waals surface area contributed by atoms with E-state index in [2.05, 4.69) is 0 Å². The maximum absolute atomic E-state index is 14.0. The van der Waals surface area contributed by atoms with Crippen LogP contribution in [0.3, 0.4) is 0 Å². The Balaban J connectivity index is 1.59. The van der Waals surface area contributed by atoms with Gasteiger partial charge in [-0.2, -0.15) is 4.31 Å². The first-order chi connectivity index (χ1) is 19.4. The first kappa shape index (κ1) is 30.4. The van der Waals surface area contributed by atoms with Gasteiger partial charge in [-0.3, -0.25) is 9.10 Å². The number of hydrogen-bond acceptors (Lipinski definition) is 7. The molecule has 0 unspecified atom stereocenters. The summed E-state index contributed by atoms with van der Waals surface area (Å²) in [5.74, 6) is 0.186. The number of carbonyl (C=O) groups excluding carboxylic acids is 1. The molecule has 4 rings (SSSR count). The van der Waals surface area contributed by atoms with Gasteiger partial charge < -0.3 is 14.4 Å². The van der Waals surface area contributed by atoms with Crippen LogP contribution in [0, 0.1) is 20.8 Å². The lowest BCUT2D eigenvalue weighted by molar-refractivity contribution is -0.130. The zero-order valence-corrected chi connectivity index (χ0v) is 25.5. The highest BCUT2D eigenvalue weighted by atomic mass is 32.2. The van der Waals surface area contributed by atoms with Gasteiger partial charge >= 0.3 is 0 Å². The molecule has 12 heteroatoms. The molecule has 0 spiro atoms. The van der Waals surface area contributed by atoms with Crippen LogP contribution < -0.4 is 13.8 Å². The third-order valence-electron chi connectivity index (χ3n) is 6.97. The van der Waals surface area contributed by atoms with E-state index in [4.69, 9.17) is 9.47 Å². The van der Waals surface area contributed by atoms with Gasteiger partial charge in [-0.15, -0.1) is 0 Å². The molecule has 1 amide bonds. The summed E-state index contributed by atoms with van der Waals surface area (Å²) in [6, 6.07) is 16.2. The molecular formula is C29H35N3O7S2. The van der Waals surface area contributed by atoms with Crippen molar-refractivity contribution in [1.29, 1.82) is 0 Å². The number of carbonyl (C=O) groups is 1. The first-order valence-corrected chi connectivity index (χ1v) is 15.9. The molecule has 0 aromatic heterocycles. The van der Waals surface area contributed by atoms with E-state index in [0.717, 1.165) is 21.0 Å². The van der Waals surface area contributed by atoms with E-state index in [0.29, 0.717) is 11.4 Å². The molecule has 1 aliphatic rings. The molecule has 3 aromatic rings. The maximum atomic E-state index is 14.0. The lowest BCUT2D eigenvalue weighted by Crippen LogP contribution is -2.53. The number of nitrogens with zero attached hydrogens (tertiary/aromatic N) is 3. The zero-order chi connectivity index (χ0) is 29.9. The molecule has 1 fully saturated rings. The number of methoxy groups -OCH3 is 2. The second kappa shape index (κ2) is 12.1. The lowest BCUT2D eigenvalue weighted by Gasteiger charge is -2.35. The van der Waals surface area contributed by atoms with Crippen molar-refractivity contribution in [1.82, 2.24) is 9.21 Å². The van der Waals surface area contributed by atoms with Crippen LogP contribution in [0.5, 0.6) is 11.5 Å². The van der Waals surface area contributed by atoms with Crippen LogP contribution >= 0.6 is 0 Å². The Morgan fingerprint density at radius 3 is 1.85 bits per heavy atom. The molecular weight excluding hydrogens is 566 g/mol. The van der Waals surface area contributed by atoms with Crippen LogP contribution in [0.25, 0.3) is 0 Å². The Labute approximate surface area is 242 Å². The van der Waals surface area contributed by atoms with E-state index in [-0.39, 0.29) is 41.7 Å². The Morgan fingerprint density at radius 2 is 1.29 bits per heavy atom. The molecule has 0 atom stereocenters. The van der Waals surface area contributed by atoms with Gasteiger partial charge in [-0.1, -0.05) is 23.8 Å². The highest BCUT2D eigenvalue weighted by Crippen LogP contribution is 2.33. The lowest BCUT2D eigenvalue weighted by atomic mass is 10.1. The molecule has 10 nitrogen and oxygen atoms in total. The van der Waals surface area contributed by atoms with E-state index >= 15 is 0 Å². The van der Waals surface area contributed by atoms with E-state index in [1.54, 1.807) is 36.4 Å². The topological polar surface area (TPSA) is 114 Å². The molecule has 41 heavy (non-hydrogen) atoms. The Kier molecular flexibility index (Phi) is 8.95. The first-order valence-electron chi connectivity index (χ1n) is 13.0. The molecule has 3 aromatic carbocycles. The largest absolute Gasteiger partial charge is 0.493 e. The fourth-order valence-corrected chi connectivity index (χ4v) is 7.61. The van der Waals surface area contributed by atoms with Gasteiger partial charge in [0.15, 0.2) is 11.5 Å². The van der Waals surface area contributed by atoms with Crippen molar-refractivity contribution < 1.29 is 31.1 Å². The van der Waals surface area contributed by atoms with Crippen molar-refractivity contribution >= 4 is 31.6 Å². The van der Waals surface area contributed by atoms with Crippen molar-refractivity contribution in [3.8, 4) is 11.5 Å². The molecule has 0 aliphatic carbocycles. The number of hydrogen-bond donors (Lipinski definition) is 0. The summed E-state index contributed by atoms with van der Waals surface area (Å²) in [5.41, 5.74) is 2.99. The summed E-state index contributed by atoms with van der Waals surface area (Å²) in [7, 11) is -5.05. The molecule has 0 bridgehead atoms. The molecule has 0 N–H and O–H groups in total. The maximum Gasteiger partial charge on any atom is 0.264 e. The van der Waals surface area contributed by atoms with Crippen molar-refractivity contribution in [2.24, 2.45) is 0 Å². The van der Waals surface area contributed by atoms with Crippen LogP contribution in [0.2, 0.25) is 0 Å². The minimum atomic E-state index is -4.21. The average molecular weight is 602 g/mol. The summed E-state index contributed by atoms with van der Waals surface area (Å²) < 4.78 is 67.2. The fraction of sp³-hybridized carbons (Fsp3) is 0.345. The van der Waals surface area contributed by atoms with Gasteiger partial charge in [0.05, 0.1) is 29.7 Å². The number of aryl methyl sites for hydroxylation is 3. The van der Waals surface area contributed by atoms with E-state index in [9.17, 15) is 21.6 Å². The number of piperazine rings is 1. The van der Waals surface area contributed by atoms with Gasteiger partial charge in [0.1, 0.15) is 6.54 Å². The molecule has 0 saturated carbocycles. The molecule has 1 aliphatic heterocycles. The van der Waals surface area contributed by atoms with Crippen LogP contribution in [-0.2, 0) is 24.8 Å². The molecule has 0 radical (unpaired) electrons. The average Bonchev–Trinajstić information content (AvgIpc) is 2.95. The molecule has 1 heterocycles. The summed E-state index contributed by atoms with van der Waals surface area (Å²) in [4.78, 5) is 15.2. The van der Waals surface area contributed by atoms with Crippen LogP contribution in [0.4, 0.5) is 5.69 Å². The third-order valence-corrected chi connectivity index (χ3v) is 10.6. The normalized spacial score (nSPS) is 14.5. The van der Waals surface area contributed by atoms with Crippen LogP contribution in [0.15, 0.2) is 70.5 Å². The number of anilines is 1. The summed E-state index contributed by atoms with van der Waals surface area (Å²) in [6.07, 6.45) is 0. The SMILES string of the molecule is COc1ccc(S(=O)(=O)N(CC(=O)N2CCN(S(=O)(=O)c3ccc(C)cc3)CC2)c2cc(C)cc(C)c2)cc1OC. The van der Waals surface area contributed by atoms with E-state index in [1.807, 2.05) is 26.8 Å². The van der Waals surface area contributed by atoms with Crippen molar-refractivity contribution in [3.05, 3.63) is 77.4 Å². The number of benzene rings is 3. The highest BCUT2D eigenvalue weighted by molar-refractivity contribution is 7.92. The monoisotopic (exact) mass is 601 g/mol. The van der Waals surface area contributed by atoms with Crippen molar-refractivity contribution in [2.45, 2.75) is 30.6 Å². The zero-order valence-electron chi connectivity index (χ0n) is 23.8. The van der Waals surface area contributed by atoms with Gasteiger partial charge in [-0.25, -0.2) is 16.8 Å². The highest BCUT2D eigenvalue weighted by Gasteiger charge is 2.33. The minimum Gasteiger partial charge on any atom is -0.493 e. The van der Waals surface area contributed by atoms with Crippen molar-refractivity contribution in [3.63, 3.8) is 0 Å². The second-order valence-electron chi connectivity index (χ2n) is 9.97. The summed E-state index contributed by atoms with van der Waals surface area (Å²) >= 11 is 0. The summed E-state index contributed by atoms with van der Waals surface area (Å²) in [6.45, 7) is 5.63. The van der Waals surface area contributed by atoms with Crippen molar-refractivity contribution in [2.75, 3.05) is 51.2 Å². The quantitative estimate of drug-likeness (QED) is 0.370. The predicted octanol–water partition coefficient (Wildman–Crippen LogP) is 3.36. The second-order valence-corrected chi connectivity index (χ2v) is 13.8. The Morgan fingerprint density at radius 1 is 0.732 bits per heavy atom. The standard InChI is InChI=1S/C29H35N3O7S2/c1-21-6-8-25(9-7-21)40(34,35)31-14-12-30(13-15-31)29(33)20-32(24-17-22(2)16-23(3)18-24)41(36,37)26-10-11-27(38-4)28(19-26)39-5/h6-11,16-19H,12-15,20H2,1-5H3. The van der Waals surface area contributed by atoms with Crippen LogP contribution in [-0.4, -0.2) is 78.9 Å². The number of rotatable bonds is 9. The molecule has 1 saturated heterocycles. The van der Waals surface area contributed by atoms with Gasteiger partial charge in [0.25, 0.3) is 10.0 Å². The van der Waals surface area contributed by atoms with Crippen LogP contribution in [0.1, 0.15) is 16.7 Å². The van der Waals surface area contributed by atoms with E-state index in [1.165, 1.54) is 41.6 Å². The van der Waals surface area contributed by atoms with E-state index < -0.39 is 32.5 Å². The fourth-order valence-electron chi connectivity index (χ4n) is 4.77. The van der Waals surface area contributed by atoms with Gasteiger partial charge in [0, 0.05) is 32.2 Å². The number of sulfonamides is 2. The minimum absolute atomic E-state index is 0.0591. The predicted molar refractivity (Wildman–Crippen MR) is 157 cm³/mol. The third kappa shape index (κ3) is 6.50.